The first-order valence-electron chi connectivity index (χ1n) is 10.3. The Bertz CT molecular complexity index is 1600. The molecule has 1 unspecified atom stereocenters. The van der Waals surface area contributed by atoms with Crippen LogP contribution in [0.25, 0.3) is 33.7 Å². The van der Waals surface area contributed by atoms with E-state index in [-0.39, 0.29) is 0 Å². The molecule has 0 N–H and O–H groups in total. The highest BCUT2D eigenvalue weighted by Gasteiger charge is 2.69. The number of imidazole rings is 1. The van der Waals surface area contributed by atoms with Gasteiger partial charge in [-0.05, 0) is 42.5 Å². The van der Waals surface area contributed by atoms with Crippen molar-refractivity contribution in [3.63, 3.8) is 0 Å². The molecule has 3 aromatic carbocycles. The number of aromatic nitrogens is 3. The number of hydrogen-bond acceptors (Lipinski definition) is 1. The molecule has 0 amide bonds. The highest BCUT2D eigenvalue weighted by molar-refractivity contribution is 5.87. The Morgan fingerprint density at radius 1 is 0.767 bits per heavy atom. The zero-order valence-corrected chi connectivity index (χ0v) is 16.3. The molecule has 0 bridgehead atoms. The fraction of sp³-hybridized carbons (Fsp3) is 0.0769. The van der Waals surface area contributed by atoms with E-state index in [1.165, 1.54) is 44.8 Å². The van der Waals surface area contributed by atoms with Gasteiger partial charge in [-0.25, -0.2) is 4.57 Å². The number of fused-ring (bicyclic) bond motifs is 6. The topological polar surface area (TPSA) is 21.9 Å². The van der Waals surface area contributed by atoms with Gasteiger partial charge in [-0.1, -0.05) is 24.3 Å². The minimum Gasteiger partial charge on any atom is -0.456 e. The van der Waals surface area contributed by atoms with Gasteiger partial charge in [0.05, 0.1) is 18.2 Å². The van der Waals surface area contributed by atoms with Gasteiger partial charge in [0.25, 0.3) is 5.82 Å². The molecule has 8 rings (SSSR count). The highest BCUT2D eigenvalue weighted by atomic mass is 16.5. The standard InChI is InChI=1S/C26H17N3O/c1-27-19-11-2-3-12-20(19)29-25(27)17-9-7-14-22-24(17)26(29)23-16(8-6-13-21(23)30-22)18-10-4-5-15-28(18)26/h2-15H,1H3/q+2. The summed E-state index contributed by atoms with van der Waals surface area (Å²) in [6.45, 7) is 0. The van der Waals surface area contributed by atoms with E-state index in [0.717, 1.165) is 11.5 Å². The van der Waals surface area contributed by atoms with Gasteiger partial charge in [0.1, 0.15) is 22.6 Å². The average Bonchev–Trinajstić information content (AvgIpc) is 3.38. The van der Waals surface area contributed by atoms with Crippen LogP contribution in [0.3, 0.4) is 0 Å². The first-order valence-corrected chi connectivity index (χ1v) is 10.3. The summed E-state index contributed by atoms with van der Waals surface area (Å²) in [6.07, 6.45) is 2.22. The van der Waals surface area contributed by atoms with Gasteiger partial charge in [0.2, 0.25) is 5.69 Å². The number of benzene rings is 3. The maximum atomic E-state index is 6.50. The van der Waals surface area contributed by atoms with E-state index in [1.807, 2.05) is 0 Å². The fourth-order valence-electron chi connectivity index (χ4n) is 6.06. The molecule has 3 aliphatic heterocycles. The Kier molecular flexibility index (Phi) is 2.31. The van der Waals surface area contributed by atoms with Crippen LogP contribution in [-0.4, -0.2) is 4.57 Å². The fourth-order valence-corrected chi connectivity index (χ4v) is 6.06. The molecule has 0 fully saturated rings. The van der Waals surface area contributed by atoms with E-state index in [9.17, 15) is 0 Å². The molecule has 0 radical (unpaired) electrons. The van der Waals surface area contributed by atoms with Crippen molar-refractivity contribution < 1.29 is 13.9 Å². The van der Waals surface area contributed by atoms with Crippen LogP contribution in [-0.2, 0) is 12.7 Å². The molecule has 1 atom stereocenters. The second-order valence-corrected chi connectivity index (χ2v) is 8.29. The number of aryl methyl sites for hydroxylation is 1. The molecule has 4 heteroatoms. The first kappa shape index (κ1) is 15.0. The Morgan fingerprint density at radius 2 is 1.50 bits per heavy atom. The van der Waals surface area contributed by atoms with Crippen LogP contribution in [0.2, 0.25) is 0 Å². The molecule has 0 saturated carbocycles. The molecule has 30 heavy (non-hydrogen) atoms. The van der Waals surface area contributed by atoms with Gasteiger partial charge in [-0.15, -0.1) is 4.57 Å². The second kappa shape index (κ2) is 4.62. The monoisotopic (exact) mass is 387 g/mol. The van der Waals surface area contributed by atoms with Gasteiger partial charge < -0.3 is 4.74 Å². The summed E-state index contributed by atoms with van der Waals surface area (Å²) in [5.74, 6) is 3.09. The SMILES string of the molecule is C[n+]1c2n(c3ccccc31)C13c4c(cccc4-c4cccc[n+]41)Oc1cccc-2c13. The molecular weight excluding hydrogens is 370 g/mol. The lowest BCUT2D eigenvalue weighted by Gasteiger charge is -2.27. The van der Waals surface area contributed by atoms with Crippen molar-refractivity contribution >= 4 is 11.0 Å². The highest BCUT2D eigenvalue weighted by Crippen LogP contribution is 2.60. The van der Waals surface area contributed by atoms with Crippen molar-refractivity contribution in [1.82, 2.24) is 4.57 Å². The summed E-state index contributed by atoms with van der Waals surface area (Å²) >= 11 is 0. The molecule has 2 aromatic heterocycles. The molecule has 4 nitrogen and oxygen atoms in total. The predicted molar refractivity (Wildman–Crippen MR) is 112 cm³/mol. The molecule has 5 aromatic rings. The van der Waals surface area contributed by atoms with Crippen LogP contribution in [0.5, 0.6) is 11.5 Å². The summed E-state index contributed by atoms with van der Waals surface area (Å²) in [7, 11) is 2.17. The quantitative estimate of drug-likeness (QED) is 0.359. The van der Waals surface area contributed by atoms with Crippen molar-refractivity contribution in [3.05, 3.63) is 96.2 Å². The summed E-state index contributed by atoms with van der Waals surface area (Å²) in [6, 6.07) is 28.0. The molecule has 3 aliphatic rings. The minimum absolute atomic E-state index is 0.483. The van der Waals surface area contributed by atoms with Crippen molar-refractivity contribution in [2.24, 2.45) is 7.05 Å². The Hall–Kier alpha value is -3.92. The zero-order valence-electron chi connectivity index (χ0n) is 16.3. The summed E-state index contributed by atoms with van der Waals surface area (Å²) in [5.41, 5.74) is 8.12. The summed E-state index contributed by atoms with van der Waals surface area (Å²) < 4.78 is 13.8. The molecule has 0 saturated heterocycles. The van der Waals surface area contributed by atoms with Crippen LogP contribution in [0, 0.1) is 0 Å². The summed E-state index contributed by atoms with van der Waals surface area (Å²) in [4.78, 5) is 0. The molecule has 5 heterocycles. The van der Waals surface area contributed by atoms with E-state index < -0.39 is 5.66 Å². The van der Waals surface area contributed by atoms with Crippen molar-refractivity contribution in [2.75, 3.05) is 0 Å². The second-order valence-electron chi connectivity index (χ2n) is 8.29. The number of para-hydroxylation sites is 2. The number of ether oxygens (including phenoxy) is 1. The van der Waals surface area contributed by atoms with Crippen LogP contribution in [0.15, 0.2) is 85.1 Å². The third-order valence-corrected chi connectivity index (χ3v) is 7.03. The van der Waals surface area contributed by atoms with Gasteiger partial charge in [-0.2, -0.15) is 4.57 Å². The lowest BCUT2D eigenvalue weighted by molar-refractivity contribution is -0.734. The Balaban J connectivity index is 1.73. The van der Waals surface area contributed by atoms with Crippen molar-refractivity contribution in [3.8, 4) is 34.1 Å². The van der Waals surface area contributed by atoms with Crippen molar-refractivity contribution in [1.29, 1.82) is 0 Å². The van der Waals surface area contributed by atoms with Crippen LogP contribution in [0.4, 0.5) is 0 Å². The van der Waals surface area contributed by atoms with Crippen molar-refractivity contribution in [2.45, 2.75) is 5.66 Å². The smallest absolute Gasteiger partial charge is 0.372 e. The average molecular weight is 387 g/mol. The van der Waals surface area contributed by atoms with Crippen LogP contribution in [0.1, 0.15) is 11.1 Å². The van der Waals surface area contributed by atoms with E-state index in [4.69, 9.17) is 4.74 Å². The van der Waals surface area contributed by atoms with E-state index in [0.29, 0.717) is 0 Å². The van der Waals surface area contributed by atoms with Gasteiger partial charge in [0, 0.05) is 12.1 Å². The number of rotatable bonds is 0. The maximum absolute atomic E-state index is 6.50. The Morgan fingerprint density at radius 3 is 2.37 bits per heavy atom. The lowest BCUT2D eigenvalue weighted by atomic mass is 9.86. The number of nitrogens with zero attached hydrogens (tertiary/aromatic N) is 3. The molecule has 0 aliphatic carbocycles. The van der Waals surface area contributed by atoms with E-state index in [2.05, 4.69) is 106 Å². The summed E-state index contributed by atoms with van der Waals surface area (Å²) in [5, 5.41) is 0. The number of pyridine rings is 1. The molecular formula is C26H17N3O+2. The Labute approximate surface area is 172 Å². The molecule has 140 valence electrons. The minimum atomic E-state index is -0.483. The third-order valence-electron chi connectivity index (χ3n) is 7.03. The van der Waals surface area contributed by atoms with E-state index >= 15 is 0 Å². The van der Waals surface area contributed by atoms with Gasteiger partial charge >= 0.3 is 5.66 Å². The number of hydrogen-bond donors (Lipinski definition) is 0. The van der Waals surface area contributed by atoms with Crippen LogP contribution >= 0.6 is 0 Å². The van der Waals surface area contributed by atoms with E-state index in [1.54, 1.807) is 0 Å². The van der Waals surface area contributed by atoms with Crippen LogP contribution < -0.4 is 13.9 Å². The maximum Gasteiger partial charge on any atom is 0.372 e. The third kappa shape index (κ3) is 1.33. The van der Waals surface area contributed by atoms with Gasteiger partial charge in [-0.3, -0.25) is 0 Å². The zero-order chi connectivity index (χ0) is 19.6. The first-order chi connectivity index (χ1) is 14.8. The van der Waals surface area contributed by atoms with Gasteiger partial charge in [0.15, 0.2) is 17.2 Å². The predicted octanol–water partition coefficient (Wildman–Crippen LogP) is 4.12. The normalized spacial score (nSPS) is 18.6. The molecule has 1 spiro atoms. The lowest BCUT2D eigenvalue weighted by Crippen LogP contribution is -2.59. The largest absolute Gasteiger partial charge is 0.456 e.